The lowest BCUT2D eigenvalue weighted by molar-refractivity contribution is -0.207. The largest absolute Gasteiger partial charge is 0.458 e. The molecule has 0 aromatic rings. The lowest BCUT2D eigenvalue weighted by Crippen LogP contribution is -2.56. The maximum atomic E-state index is 12.4. The van der Waals surface area contributed by atoms with Crippen molar-refractivity contribution in [1.82, 2.24) is 0 Å². The third-order valence-electron chi connectivity index (χ3n) is 5.42. The first-order chi connectivity index (χ1) is 10.8. The third kappa shape index (κ3) is 2.20. The first kappa shape index (κ1) is 16.4. The van der Waals surface area contributed by atoms with Crippen LogP contribution in [-0.2, 0) is 19.1 Å². The lowest BCUT2D eigenvalue weighted by atomic mass is 9.78. The lowest BCUT2D eigenvalue weighted by Gasteiger charge is -2.45. The van der Waals surface area contributed by atoms with Crippen LogP contribution in [0.2, 0.25) is 0 Å². The maximum absolute atomic E-state index is 12.4. The molecule has 2 N–H and O–H groups in total. The highest BCUT2D eigenvalue weighted by molar-refractivity contribution is 5.92. The monoisotopic (exact) mass is 322 g/mol. The number of hydrogen-bond acceptors (Lipinski definition) is 6. The predicted molar refractivity (Wildman–Crippen MR) is 80.4 cm³/mol. The van der Waals surface area contributed by atoms with Crippen LogP contribution in [0.4, 0.5) is 0 Å². The minimum Gasteiger partial charge on any atom is -0.458 e. The van der Waals surface area contributed by atoms with Crippen LogP contribution in [0.3, 0.4) is 0 Å². The van der Waals surface area contributed by atoms with Gasteiger partial charge in [0, 0.05) is 18.4 Å². The van der Waals surface area contributed by atoms with Gasteiger partial charge in [-0.1, -0.05) is 12.2 Å². The number of fused-ring (bicyclic) bond motifs is 1. The van der Waals surface area contributed by atoms with Gasteiger partial charge in [-0.2, -0.15) is 0 Å². The number of ketones is 1. The second-order valence-corrected chi connectivity index (χ2v) is 6.81. The van der Waals surface area contributed by atoms with E-state index < -0.39 is 35.3 Å². The fourth-order valence-electron chi connectivity index (χ4n) is 4.06. The van der Waals surface area contributed by atoms with Crippen LogP contribution < -0.4 is 0 Å². The number of ether oxygens (including phenoxy) is 2. The van der Waals surface area contributed by atoms with E-state index in [4.69, 9.17) is 9.47 Å². The van der Waals surface area contributed by atoms with E-state index >= 15 is 0 Å². The maximum Gasteiger partial charge on any atom is 0.333 e. The summed E-state index contributed by atoms with van der Waals surface area (Å²) in [5, 5.41) is 20.0. The molecule has 0 radical (unpaired) electrons. The van der Waals surface area contributed by atoms with Crippen molar-refractivity contribution in [3.63, 3.8) is 0 Å². The van der Waals surface area contributed by atoms with Crippen LogP contribution in [0.25, 0.3) is 0 Å². The Balaban J connectivity index is 1.98. The zero-order valence-electron chi connectivity index (χ0n) is 13.5. The topological polar surface area (TPSA) is 93.1 Å². The number of allylic oxidation sites excluding steroid dienone is 1. The summed E-state index contributed by atoms with van der Waals surface area (Å²) in [6.07, 6.45) is 1.92. The SMILES string of the molecule is CC=C(C)C(=O)OC1CC2(C)OC3(CC2=O)C(CO)=CC(O)C13. The molecule has 3 aliphatic rings. The van der Waals surface area contributed by atoms with Gasteiger partial charge in [-0.05, 0) is 26.3 Å². The minimum atomic E-state index is -1.06. The Hall–Kier alpha value is -1.50. The molecule has 2 saturated heterocycles. The first-order valence-corrected chi connectivity index (χ1v) is 7.85. The molecule has 2 heterocycles. The quantitative estimate of drug-likeness (QED) is 0.450. The van der Waals surface area contributed by atoms with Gasteiger partial charge < -0.3 is 19.7 Å². The predicted octanol–water partition coefficient (Wildman–Crippen LogP) is 0.664. The fraction of sp³-hybridized carbons (Fsp3) is 0.647. The highest BCUT2D eigenvalue weighted by Crippen LogP contribution is 2.57. The Labute approximate surface area is 134 Å². The summed E-state index contributed by atoms with van der Waals surface area (Å²) in [5.41, 5.74) is -1.15. The van der Waals surface area contributed by atoms with Crippen molar-refractivity contribution in [2.45, 2.75) is 57.0 Å². The van der Waals surface area contributed by atoms with Crippen molar-refractivity contribution in [1.29, 1.82) is 0 Å². The molecule has 0 aromatic heterocycles. The van der Waals surface area contributed by atoms with Gasteiger partial charge in [0.15, 0.2) is 5.78 Å². The minimum absolute atomic E-state index is 0.0859. The number of carbonyl (C=O) groups excluding carboxylic acids is 2. The van der Waals surface area contributed by atoms with Gasteiger partial charge in [-0.3, -0.25) is 4.79 Å². The first-order valence-electron chi connectivity index (χ1n) is 7.85. The van der Waals surface area contributed by atoms with Gasteiger partial charge in [0.25, 0.3) is 0 Å². The van der Waals surface area contributed by atoms with E-state index in [0.29, 0.717) is 11.1 Å². The number of carbonyl (C=O) groups is 2. The van der Waals surface area contributed by atoms with E-state index in [1.54, 1.807) is 26.8 Å². The molecule has 0 saturated carbocycles. The van der Waals surface area contributed by atoms with Crippen LogP contribution >= 0.6 is 0 Å². The van der Waals surface area contributed by atoms with E-state index in [1.807, 2.05) is 0 Å². The molecule has 0 aromatic carbocycles. The number of rotatable bonds is 3. The Bertz CT molecular complexity index is 621. The van der Waals surface area contributed by atoms with E-state index in [0.717, 1.165) is 0 Å². The molecule has 23 heavy (non-hydrogen) atoms. The normalized spacial score (nSPS) is 42.5. The van der Waals surface area contributed by atoms with Gasteiger partial charge in [0.1, 0.15) is 17.3 Å². The molecule has 0 amide bonds. The summed E-state index contributed by atoms with van der Waals surface area (Å²) in [5.74, 6) is -1.12. The van der Waals surface area contributed by atoms with Crippen molar-refractivity contribution in [2.24, 2.45) is 5.92 Å². The summed E-state index contributed by atoms with van der Waals surface area (Å²) in [6.45, 7) is 4.78. The number of aliphatic hydroxyl groups is 2. The molecule has 2 bridgehead atoms. The summed E-state index contributed by atoms with van der Waals surface area (Å²) >= 11 is 0. The van der Waals surface area contributed by atoms with Gasteiger partial charge in [-0.15, -0.1) is 0 Å². The van der Waals surface area contributed by atoms with E-state index in [1.165, 1.54) is 6.08 Å². The molecular weight excluding hydrogens is 300 g/mol. The van der Waals surface area contributed by atoms with Crippen LogP contribution in [0.5, 0.6) is 0 Å². The average molecular weight is 322 g/mol. The average Bonchev–Trinajstić information content (AvgIpc) is 2.88. The highest BCUT2D eigenvalue weighted by atomic mass is 16.6. The summed E-state index contributed by atoms with van der Waals surface area (Å²) < 4.78 is 11.6. The molecule has 2 aliphatic heterocycles. The number of hydrogen-bond donors (Lipinski definition) is 2. The number of esters is 1. The van der Waals surface area contributed by atoms with E-state index in [-0.39, 0.29) is 25.2 Å². The molecule has 6 nitrogen and oxygen atoms in total. The Morgan fingerprint density at radius 3 is 2.87 bits per heavy atom. The standard InChI is InChI=1S/C17H22O6/c1-4-9(2)15(21)22-12-6-16(3)13(20)7-17(23-16)10(8-18)5-11(19)14(12)17/h4-5,11-12,14,18-19H,6-8H2,1-3H3. The molecule has 126 valence electrons. The second kappa shape index (κ2) is 5.26. The molecule has 5 unspecified atom stereocenters. The van der Waals surface area contributed by atoms with Crippen molar-refractivity contribution in [3.8, 4) is 0 Å². The van der Waals surface area contributed by atoms with Gasteiger partial charge >= 0.3 is 5.97 Å². The van der Waals surface area contributed by atoms with Gasteiger partial charge in [0.05, 0.1) is 18.6 Å². The Morgan fingerprint density at radius 1 is 1.57 bits per heavy atom. The number of aliphatic hydroxyl groups excluding tert-OH is 2. The van der Waals surface area contributed by atoms with Crippen LogP contribution in [0.15, 0.2) is 23.3 Å². The van der Waals surface area contributed by atoms with E-state index in [2.05, 4.69) is 0 Å². The third-order valence-corrected chi connectivity index (χ3v) is 5.42. The Morgan fingerprint density at radius 2 is 2.26 bits per heavy atom. The summed E-state index contributed by atoms with van der Waals surface area (Å²) in [7, 11) is 0. The zero-order valence-corrected chi connectivity index (χ0v) is 13.5. The highest BCUT2D eigenvalue weighted by Gasteiger charge is 2.68. The van der Waals surface area contributed by atoms with Crippen molar-refractivity contribution < 1.29 is 29.3 Å². The molecule has 6 heteroatoms. The zero-order chi connectivity index (χ0) is 17.0. The molecule has 1 spiro atoms. The van der Waals surface area contributed by atoms with Crippen molar-refractivity contribution >= 4 is 11.8 Å². The van der Waals surface area contributed by atoms with Crippen LogP contribution in [0, 0.1) is 5.92 Å². The second-order valence-electron chi connectivity index (χ2n) is 6.81. The van der Waals surface area contributed by atoms with Crippen LogP contribution in [-0.4, -0.2) is 52.0 Å². The van der Waals surface area contributed by atoms with Gasteiger partial charge in [0.2, 0.25) is 0 Å². The summed E-state index contributed by atoms with van der Waals surface area (Å²) in [4.78, 5) is 24.6. The molecule has 3 rings (SSSR count). The van der Waals surface area contributed by atoms with Gasteiger partial charge in [-0.25, -0.2) is 4.79 Å². The molecular formula is C17H22O6. The fourth-order valence-corrected chi connectivity index (χ4v) is 4.06. The smallest absolute Gasteiger partial charge is 0.333 e. The van der Waals surface area contributed by atoms with E-state index in [9.17, 15) is 19.8 Å². The molecule has 5 atom stereocenters. The van der Waals surface area contributed by atoms with Crippen molar-refractivity contribution in [3.05, 3.63) is 23.3 Å². The number of Topliss-reactive ketones (excluding diaryl/α,β-unsaturated/α-hetero) is 1. The Kier molecular flexibility index (Phi) is 3.74. The molecule has 2 fully saturated rings. The molecule has 1 aliphatic carbocycles. The van der Waals surface area contributed by atoms with Crippen LogP contribution in [0.1, 0.15) is 33.6 Å². The van der Waals surface area contributed by atoms with Crippen molar-refractivity contribution in [2.75, 3.05) is 6.61 Å². The summed E-state index contributed by atoms with van der Waals surface area (Å²) in [6, 6.07) is 0.